The second kappa shape index (κ2) is 9.91. The molecule has 1 atom stereocenters. The molecule has 0 aliphatic carbocycles. The van der Waals surface area contributed by atoms with Crippen molar-refractivity contribution in [1.29, 1.82) is 0 Å². The van der Waals surface area contributed by atoms with Gasteiger partial charge in [0.1, 0.15) is 40.6 Å². The van der Waals surface area contributed by atoms with Gasteiger partial charge < -0.3 is 24.6 Å². The fourth-order valence-electron chi connectivity index (χ4n) is 3.23. The number of amides is 1. The molecule has 0 unspecified atom stereocenters. The Morgan fingerprint density at radius 3 is 2.76 bits per heavy atom. The molecule has 34 heavy (non-hydrogen) atoms. The van der Waals surface area contributed by atoms with E-state index in [1.54, 1.807) is 55.2 Å². The van der Waals surface area contributed by atoms with Gasteiger partial charge in [0.05, 0.1) is 6.61 Å². The largest absolute Gasteiger partial charge is 0.490 e. The van der Waals surface area contributed by atoms with E-state index in [-0.39, 0.29) is 36.0 Å². The predicted octanol–water partition coefficient (Wildman–Crippen LogP) is 3.23. The minimum Gasteiger partial charge on any atom is -0.490 e. The first-order chi connectivity index (χ1) is 16.2. The van der Waals surface area contributed by atoms with Crippen LogP contribution < -0.4 is 24.2 Å². The van der Waals surface area contributed by atoms with Gasteiger partial charge in [-0.15, -0.1) is 10.8 Å². The van der Waals surface area contributed by atoms with Crippen LogP contribution >= 0.6 is 10.8 Å². The van der Waals surface area contributed by atoms with Gasteiger partial charge in [-0.25, -0.2) is 4.72 Å². The van der Waals surface area contributed by atoms with Gasteiger partial charge in [0.25, 0.3) is 5.91 Å². The zero-order valence-electron chi connectivity index (χ0n) is 18.6. The monoisotopic (exact) mass is 490 g/mol. The maximum Gasteiger partial charge on any atom is 0.257 e. The van der Waals surface area contributed by atoms with Crippen LogP contribution in [0.25, 0.3) is 0 Å². The summed E-state index contributed by atoms with van der Waals surface area (Å²) in [4.78, 5) is 13.1. The highest BCUT2D eigenvalue weighted by atomic mass is 32.3. The number of benzene rings is 2. The number of hydrogen-bond donors (Lipinski definition) is 5. The average Bonchev–Trinajstić information content (AvgIpc) is 3.13. The van der Waals surface area contributed by atoms with E-state index in [0.29, 0.717) is 23.1 Å². The van der Waals surface area contributed by atoms with Gasteiger partial charge in [0.15, 0.2) is 5.82 Å². The number of aliphatic hydroxyl groups excluding tert-OH is 1. The number of nitrogens with zero attached hydrogens (tertiary/aromatic N) is 2. The Kier molecular flexibility index (Phi) is 6.95. The number of fused-ring (bicyclic) bond motifs is 1. The summed E-state index contributed by atoms with van der Waals surface area (Å²) in [6.07, 6.45) is 1.21. The van der Waals surface area contributed by atoms with Crippen LogP contribution in [-0.4, -0.2) is 55.8 Å². The van der Waals surface area contributed by atoms with Gasteiger partial charge >= 0.3 is 0 Å². The van der Waals surface area contributed by atoms with Crippen LogP contribution in [0.4, 0.5) is 5.82 Å². The molecule has 12 heteroatoms. The molecule has 3 aromatic rings. The van der Waals surface area contributed by atoms with Crippen LogP contribution in [0.5, 0.6) is 23.0 Å². The first kappa shape index (κ1) is 23.9. The quantitative estimate of drug-likeness (QED) is 0.337. The fourth-order valence-corrected chi connectivity index (χ4v) is 4.41. The van der Waals surface area contributed by atoms with Crippen LogP contribution in [0.2, 0.25) is 0 Å². The van der Waals surface area contributed by atoms with Crippen molar-refractivity contribution in [3.05, 3.63) is 54.2 Å². The smallest absolute Gasteiger partial charge is 0.257 e. The van der Waals surface area contributed by atoms with E-state index in [0.717, 1.165) is 0 Å². The lowest BCUT2D eigenvalue weighted by molar-refractivity contribution is 0.102. The van der Waals surface area contributed by atoms with Crippen molar-refractivity contribution < 1.29 is 33.2 Å². The van der Waals surface area contributed by atoms with Gasteiger partial charge in [-0.05, 0) is 31.2 Å². The Balaban J connectivity index is 1.62. The van der Waals surface area contributed by atoms with Crippen LogP contribution in [0.1, 0.15) is 17.3 Å². The molecule has 2 aromatic carbocycles. The minimum absolute atomic E-state index is 0.205. The number of ether oxygens (including phenoxy) is 3. The summed E-state index contributed by atoms with van der Waals surface area (Å²) in [5.74, 6) is 1.24. The maximum atomic E-state index is 12.8. The molecule has 0 spiro atoms. The molecule has 1 aliphatic heterocycles. The second-order valence-corrected chi connectivity index (χ2v) is 9.46. The second-order valence-electron chi connectivity index (χ2n) is 7.64. The Morgan fingerprint density at radius 2 is 2.03 bits per heavy atom. The summed E-state index contributed by atoms with van der Waals surface area (Å²) in [5, 5.41) is 16.2. The number of nitrogens with one attached hydrogen (secondary N) is 2. The number of carbonyl (C=O) groups is 1. The lowest BCUT2D eigenvalue weighted by Gasteiger charge is -2.31. The van der Waals surface area contributed by atoms with Crippen molar-refractivity contribution >= 4 is 22.5 Å². The Morgan fingerprint density at radius 1 is 1.24 bits per heavy atom. The maximum absolute atomic E-state index is 12.8. The van der Waals surface area contributed by atoms with E-state index in [1.165, 1.54) is 12.1 Å². The number of rotatable bonds is 7. The third kappa shape index (κ3) is 5.61. The highest BCUT2D eigenvalue weighted by molar-refractivity contribution is 8.22. The molecule has 11 nitrogen and oxygen atoms in total. The van der Waals surface area contributed by atoms with Crippen molar-refractivity contribution in [3.8, 4) is 23.0 Å². The Bertz CT molecular complexity index is 1180. The standard InChI is InChI=1S/C22H26N4O7S/c1-14(13-27)32-17-9-15(22(28)24-21-5-7-26(2)25-21)10-18(11-17)33-16-3-4-20-19(12-16)31-8-6-23-34(20,29)30/h3-5,7,9-12,14,23,27,29-30H,6,8,13H2,1-2H3,(H,24,25,28)/t14-/m0/s1. The summed E-state index contributed by atoms with van der Waals surface area (Å²) in [6, 6.07) is 11.0. The number of aliphatic hydroxyl groups is 1. The van der Waals surface area contributed by atoms with Crippen molar-refractivity contribution in [2.24, 2.45) is 7.05 Å². The van der Waals surface area contributed by atoms with Gasteiger partial charge in [0.2, 0.25) is 0 Å². The lowest BCUT2D eigenvalue weighted by atomic mass is 10.2. The molecule has 0 radical (unpaired) electrons. The van der Waals surface area contributed by atoms with Crippen LogP contribution in [0, 0.1) is 0 Å². The summed E-state index contributed by atoms with van der Waals surface area (Å²) in [5.41, 5.74) is 0.257. The van der Waals surface area contributed by atoms with E-state index in [1.807, 2.05) is 0 Å². The number of aryl methyl sites for hydroxylation is 1. The summed E-state index contributed by atoms with van der Waals surface area (Å²) < 4.78 is 42.0. The lowest BCUT2D eigenvalue weighted by Crippen LogP contribution is -2.21. The number of hydrogen-bond acceptors (Lipinski definition) is 9. The molecule has 0 saturated carbocycles. The zero-order valence-corrected chi connectivity index (χ0v) is 19.4. The molecule has 1 aliphatic rings. The van der Waals surface area contributed by atoms with Crippen LogP contribution in [-0.2, 0) is 7.05 Å². The molecule has 2 heterocycles. The van der Waals surface area contributed by atoms with Crippen molar-refractivity contribution in [2.75, 3.05) is 25.1 Å². The molecule has 5 N–H and O–H groups in total. The molecule has 0 bridgehead atoms. The molecule has 0 fully saturated rings. The average molecular weight is 491 g/mol. The van der Waals surface area contributed by atoms with E-state index < -0.39 is 22.8 Å². The first-order valence-corrected chi connectivity index (χ1v) is 12.0. The normalized spacial score (nSPS) is 16.4. The van der Waals surface area contributed by atoms with E-state index in [9.17, 15) is 19.0 Å². The summed E-state index contributed by atoms with van der Waals surface area (Å²) >= 11 is 0. The van der Waals surface area contributed by atoms with E-state index >= 15 is 0 Å². The van der Waals surface area contributed by atoms with Gasteiger partial charge in [0, 0.05) is 43.6 Å². The molecule has 182 valence electrons. The molecule has 4 rings (SSSR count). The van der Waals surface area contributed by atoms with E-state index in [4.69, 9.17) is 14.2 Å². The zero-order chi connectivity index (χ0) is 24.3. The Hall–Kier alpha value is -3.29. The topological polar surface area (TPSA) is 147 Å². The van der Waals surface area contributed by atoms with Gasteiger partial charge in [-0.3, -0.25) is 18.6 Å². The molecular formula is C22H26N4O7S. The molecular weight excluding hydrogens is 464 g/mol. The minimum atomic E-state index is -3.17. The molecule has 1 aromatic heterocycles. The van der Waals surface area contributed by atoms with E-state index in [2.05, 4.69) is 15.1 Å². The van der Waals surface area contributed by atoms with Crippen molar-refractivity contribution in [1.82, 2.24) is 14.5 Å². The van der Waals surface area contributed by atoms with Crippen molar-refractivity contribution in [3.63, 3.8) is 0 Å². The summed E-state index contributed by atoms with van der Waals surface area (Å²) in [6.45, 7) is 2.03. The molecule has 0 saturated heterocycles. The first-order valence-electron chi connectivity index (χ1n) is 10.4. The summed E-state index contributed by atoms with van der Waals surface area (Å²) in [7, 11) is -1.43. The van der Waals surface area contributed by atoms with Gasteiger partial charge in [-0.1, -0.05) is 0 Å². The van der Waals surface area contributed by atoms with Crippen LogP contribution in [0.3, 0.4) is 0 Å². The highest BCUT2D eigenvalue weighted by Crippen LogP contribution is 2.51. The highest BCUT2D eigenvalue weighted by Gasteiger charge is 2.24. The third-order valence-corrected chi connectivity index (χ3v) is 6.37. The molecule has 1 amide bonds. The van der Waals surface area contributed by atoms with Gasteiger partial charge in [-0.2, -0.15) is 5.10 Å². The fraction of sp³-hybridized carbons (Fsp3) is 0.273. The number of anilines is 1. The Labute approximate surface area is 197 Å². The predicted molar refractivity (Wildman–Crippen MR) is 126 cm³/mol. The number of aromatic nitrogens is 2. The van der Waals surface area contributed by atoms with Crippen LogP contribution in [0.15, 0.2) is 53.6 Å². The third-order valence-electron chi connectivity index (χ3n) is 4.81. The SMILES string of the molecule is C[C@@H](CO)Oc1cc(Oc2ccc3c(c2)OCCNS3(O)O)cc(C(=O)Nc2ccn(C)n2)c1. The van der Waals surface area contributed by atoms with Crippen molar-refractivity contribution in [2.45, 2.75) is 17.9 Å². The number of carbonyl (C=O) groups excluding carboxylic acids is 1.